The summed E-state index contributed by atoms with van der Waals surface area (Å²) in [7, 11) is 0. The third-order valence-corrected chi connectivity index (χ3v) is 4.86. The van der Waals surface area contributed by atoms with Gasteiger partial charge in [-0.3, -0.25) is 4.57 Å². The van der Waals surface area contributed by atoms with Crippen LogP contribution in [0.4, 0.5) is 5.95 Å². The van der Waals surface area contributed by atoms with Crippen LogP contribution >= 0.6 is 15.9 Å². The number of hydrogen-bond acceptors (Lipinski definition) is 3. The lowest BCUT2D eigenvalue weighted by molar-refractivity contribution is 0.354. The number of fused-ring (bicyclic) bond motifs is 1. The Morgan fingerprint density at radius 1 is 1.32 bits per heavy atom. The fraction of sp³-hybridized carbons (Fsp3) is 0.571. The molecule has 0 bridgehead atoms. The van der Waals surface area contributed by atoms with Crippen molar-refractivity contribution in [2.45, 2.75) is 32.2 Å². The van der Waals surface area contributed by atoms with Crippen molar-refractivity contribution in [2.75, 3.05) is 5.73 Å². The molecule has 19 heavy (non-hydrogen) atoms. The van der Waals surface area contributed by atoms with Gasteiger partial charge in [-0.1, -0.05) is 0 Å². The minimum absolute atomic E-state index is 0.604. The standard InChI is InChI=1S/C14H17BrN4/c15-10-5-12-13(17-6-10)19(14(16)18-12)7-11(8-1-2-8)9-3-4-9/h5-6,8-9,11H,1-4,7H2,(H2,16,18). The maximum Gasteiger partial charge on any atom is 0.202 e. The fourth-order valence-electron chi connectivity index (χ4n) is 3.13. The summed E-state index contributed by atoms with van der Waals surface area (Å²) in [6.07, 6.45) is 7.40. The van der Waals surface area contributed by atoms with E-state index in [1.165, 1.54) is 25.7 Å². The van der Waals surface area contributed by atoms with Gasteiger partial charge < -0.3 is 5.73 Å². The molecule has 0 aromatic carbocycles. The van der Waals surface area contributed by atoms with Gasteiger partial charge in [0.1, 0.15) is 5.52 Å². The van der Waals surface area contributed by atoms with Crippen LogP contribution < -0.4 is 5.73 Å². The molecule has 2 aromatic heterocycles. The van der Waals surface area contributed by atoms with E-state index in [9.17, 15) is 0 Å². The fourth-order valence-corrected chi connectivity index (χ4v) is 3.45. The quantitative estimate of drug-likeness (QED) is 0.941. The molecule has 4 rings (SSSR count). The molecule has 2 aliphatic rings. The smallest absolute Gasteiger partial charge is 0.202 e. The second-order valence-corrected chi connectivity index (χ2v) is 6.83. The van der Waals surface area contributed by atoms with Gasteiger partial charge >= 0.3 is 0 Å². The highest BCUT2D eigenvalue weighted by Crippen LogP contribution is 2.50. The Balaban J connectivity index is 1.71. The van der Waals surface area contributed by atoms with E-state index in [1.54, 1.807) is 0 Å². The van der Waals surface area contributed by atoms with Crippen molar-refractivity contribution in [2.24, 2.45) is 17.8 Å². The Bertz CT molecular complexity index is 616. The van der Waals surface area contributed by atoms with Crippen LogP contribution in [-0.4, -0.2) is 14.5 Å². The molecular weight excluding hydrogens is 304 g/mol. The van der Waals surface area contributed by atoms with Crippen LogP contribution in [0.1, 0.15) is 25.7 Å². The summed E-state index contributed by atoms with van der Waals surface area (Å²) < 4.78 is 3.06. The molecule has 2 aliphatic carbocycles. The highest BCUT2D eigenvalue weighted by molar-refractivity contribution is 9.10. The van der Waals surface area contributed by atoms with E-state index in [1.807, 2.05) is 12.3 Å². The molecule has 0 atom stereocenters. The molecule has 100 valence electrons. The summed E-state index contributed by atoms with van der Waals surface area (Å²) in [5.74, 6) is 3.22. The molecule has 2 N–H and O–H groups in total. The number of hydrogen-bond donors (Lipinski definition) is 1. The number of nitrogen functional groups attached to an aromatic ring is 1. The van der Waals surface area contributed by atoms with Gasteiger partial charge in [0, 0.05) is 17.2 Å². The van der Waals surface area contributed by atoms with Crippen LogP contribution in [0.15, 0.2) is 16.7 Å². The average molecular weight is 321 g/mol. The predicted molar refractivity (Wildman–Crippen MR) is 78.6 cm³/mol. The van der Waals surface area contributed by atoms with Crippen molar-refractivity contribution in [1.82, 2.24) is 14.5 Å². The summed E-state index contributed by atoms with van der Waals surface area (Å²) in [4.78, 5) is 8.92. The monoisotopic (exact) mass is 320 g/mol. The lowest BCUT2D eigenvalue weighted by Gasteiger charge is -2.17. The Morgan fingerprint density at radius 2 is 2.00 bits per heavy atom. The van der Waals surface area contributed by atoms with Crippen molar-refractivity contribution in [3.05, 3.63) is 16.7 Å². The first-order valence-corrected chi connectivity index (χ1v) is 7.79. The summed E-state index contributed by atoms with van der Waals surface area (Å²) in [6, 6.07) is 1.98. The molecular formula is C14H17BrN4. The highest BCUT2D eigenvalue weighted by atomic mass is 79.9. The molecule has 4 nitrogen and oxygen atoms in total. The Morgan fingerprint density at radius 3 is 2.63 bits per heavy atom. The number of imidazole rings is 1. The topological polar surface area (TPSA) is 56.7 Å². The zero-order valence-electron chi connectivity index (χ0n) is 10.7. The van der Waals surface area contributed by atoms with Crippen molar-refractivity contribution in [3.8, 4) is 0 Å². The van der Waals surface area contributed by atoms with Crippen LogP contribution in [0.2, 0.25) is 0 Å². The van der Waals surface area contributed by atoms with Crippen molar-refractivity contribution < 1.29 is 0 Å². The molecule has 0 radical (unpaired) electrons. The molecule has 0 unspecified atom stereocenters. The molecule has 2 saturated carbocycles. The average Bonchev–Trinajstić information content (AvgIpc) is 3.24. The van der Waals surface area contributed by atoms with Crippen molar-refractivity contribution in [1.29, 1.82) is 0 Å². The number of rotatable bonds is 4. The zero-order chi connectivity index (χ0) is 13.0. The van der Waals surface area contributed by atoms with Crippen LogP contribution in [0.25, 0.3) is 11.2 Å². The van der Waals surface area contributed by atoms with Gasteiger partial charge in [-0.05, 0) is 65.4 Å². The lowest BCUT2D eigenvalue weighted by atomic mass is 9.98. The number of aromatic nitrogens is 3. The Hall–Kier alpha value is -1.10. The van der Waals surface area contributed by atoms with E-state index in [0.29, 0.717) is 5.95 Å². The van der Waals surface area contributed by atoms with E-state index in [0.717, 1.165) is 39.9 Å². The third kappa shape index (κ3) is 2.14. The maximum absolute atomic E-state index is 6.09. The Kier molecular flexibility index (Phi) is 2.59. The first-order valence-electron chi connectivity index (χ1n) is 6.99. The normalized spacial score (nSPS) is 19.5. The van der Waals surface area contributed by atoms with Gasteiger partial charge in [-0.2, -0.15) is 0 Å². The van der Waals surface area contributed by atoms with Gasteiger partial charge in [0.2, 0.25) is 5.95 Å². The summed E-state index contributed by atoms with van der Waals surface area (Å²) in [6.45, 7) is 0.992. The predicted octanol–water partition coefficient (Wildman–Crippen LogP) is 3.21. The number of nitrogens with two attached hydrogens (primary N) is 1. The molecule has 2 heterocycles. The zero-order valence-corrected chi connectivity index (χ0v) is 12.3. The second-order valence-electron chi connectivity index (χ2n) is 5.92. The van der Waals surface area contributed by atoms with E-state index in [-0.39, 0.29) is 0 Å². The molecule has 0 amide bonds. The number of halogens is 1. The third-order valence-electron chi connectivity index (χ3n) is 4.43. The van der Waals surface area contributed by atoms with Gasteiger partial charge in [-0.15, -0.1) is 0 Å². The van der Waals surface area contributed by atoms with Crippen LogP contribution in [0, 0.1) is 17.8 Å². The lowest BCUT2D eigenvalue weighted by Crippen LogP contribution is -2.16. The summed E-state index contributed by atoms with van der Waals surface area (Å²) in [5.41, 5.74) is 7.90. The largest absolute Gasteiger partial charge is 0.369 e. The van der Waals surface area contributed by atoms with Crippen LogP contribution in [0.5, 0.6) is 0 Å². The van der Waals surface area contributed by atoms with E-state index >= 15 is 0 Å². The molecule has 0 saturated heterocycles. The van der Waals surface area contributed by atoms with E-state index in [4.69, 9.17) is 5.73 Å². The number of pyridine rings is 1. The molecule has 0 aliphatic heterocycles. The Labute approximate surface area is 120 Å². The van der Waals surface area contributed by atoms with Gasteiger partial charge in [0.15, 0.2) is 5.65 Å². The van der Waals surface area contributed by atoms with E-state index < -0.39 is 0 Å². The molecule has 2 fully saturated rings. The van der Waals surface area contributed by atoms with E-state index in [2.05, 4.69) is 30.5 Å². The minimum atomic E-state index is 0.604. The summed E-state index contributed by atoms with van der Waals surface area (Å²) >= 11 is 3.43. The van der Waals surface area contributed by atoms with Crippen molar-refractivity contribution >= 4 is 33.0 Å². The molecule has 0 spiro atoms. The van der Waals surface area contributed by atoms with Gasteiger partial charge in [-0.25, -0.2) is 9.97 Å². The summed E-state index contributed by atoms with van der Waals surface area (Å²) in [5, 5.41) is 0. The highest BCUT2D eigenvalue weighted by Gasteiger charge is 2.41. The first kappa shape index (κ1) is 11.7. The second kappa shape index (κ2) is 4.20. The maximum atomic E-state index is 6.09. The number of nitrogens with zero attached hydrogens (tertiary/aromatic N) is 3. The van der Waals surface area contributed by atoms with Gasteiger partial charge in [0.25, 0.3) is 0 Å². The minimum Gasteiger partial charge on any atom is -0.369 e. The SMILES string of the molecule is Nc1nc2cc(Br)cnc2n1CC(C1CC1)C1CC1. The molecule has 5 heteroatoms. The van der Waals surface area contributed by atoms with Crippen LogP contribution in [-0.2, 0) is 6.54 Å². The van der Waals surface area contributed by atoms with Crippen molar-refractivity contribution in [3.63, 3.8) is 0 Å². The number of anilines is 1. The van der Waals surface area contributed by atoms with Crippen LogP contribution in [0.3, 0.4) is 0 Å². The molecule has 2 aromatic rings. The first-order chi connectivity index (χ1) is 9.22. The van der Waals surface area contributed by atoms with Gasteiger partial charge in [0.05, 0.1) is 0 Å².